The number of methoxy groups -OCH3 is 2. The molecule has 0 amide bonds. The quantitative estimate of drug-likeness (QED) is 0.202. The van der Waals surface area contributed by atoms with Gasteiger partial charge in [0.1, 0.15) is 0 Å². The van der Waals surface area contributed by atoms with Crippen LogP contribution in [0.5, 0.6) is 0 Å². The van der Waals surface area contributed by atoms with Gasteiger partial charge in [0.05, 0.1) is 25.3 Å². The van der Waals surface area contributed by atoms with Gasteiger partial charge in [-0.05, 0) is 30.7 Å². The van der Waals surface area contributed by atoms with E-state index in [1.807, 2.05) is 24.3 Å². The molecule has 3 rings (SSSR count). The van der Waals surface area contributed by atoms with Crippen molar-refractivity contribution < 1.29 is 19.1 Å². The van der Waals surface area contributed by atoms with E-state index in [2.05, 4.69) is 11.5 Å². The normalized spacial score (nSPS) is 11.2. The summed E-state index contributed by atoms with van der Waals surface area (Å²) < 4.78 is 12.1. The van der Waals surface area contributed by atoms with Gasteiger partial charge in [-0.25, -0.2) is 9.59 Å². The summed E-state index contributed by atoms with van der Waals surface area (Å²) in [5, 5.41) is 2.14. The molecule has 3 aromatic rings. The molecule has 0 bridgehead atoms. The lowest BCUT2D eigenvalue weighted by Gasteiger charge is -2.09. The largest absolute Gasteiger partial charge is 0.465 e. The first-order chi connectivity index (χ1) is 16.1. The average Bonchev–Trinajstić information content (AvgIpc) is 3.16. The van der Waals surface area contributed by atoms with Gasteiger partial charge in [-0.2, -0.15) is 0 Å². The van der Waals surface area contributed by atoms with Gasteiger partial charge in [0.25, 0.3) is 0 Å². The van der Waals surface area contributed by atoms with Crippen molar-refractivity contribution in [2.75, 3.05) is 14.2 Å². The average molecular weight is 452 g/mol. The summed E-state index contributed by atoms with van der Waals surface area (Å²) in [4.78, 5) is 24.2. The molecule has 0 N–H and O–H groups in total. The Morgan fingerprint density at radius 1 is 0.667 bits per heavy atom. The molecule has 0 aliphatic rings. The minimum Gasteiger partial charge on any atom is -0.465 e. The zero-order valence-corrected chi connectivity index (χ0v) is 20.3. The summed E-state index contributed by atoms with van der Waals surface area (Å²) in [7, 11) is 2.79. The van der Waals surface area contributed by atoms with E-state index in [0.717, 1.165) is 34.8 Å². The lowest BCUT2D eigenvalue weighted by molar-refractivity contribution is 0.0592. The second kappa shape index (κ2) is 12.4. The van der Waals surface area contributed by atoms with E-state index in [4.69, 9.17) is 9.47 Å². The summed E-state index contributed by atoms with van der Waals surface area (Å²) in [5.74, 6) is -0.689. The summed E-state index contributed by atoms with van der Waals surface area (Å²) in [5.41, 5.74) is 3.05. The van der Waals surface area contributed by atoms with Gasteiger partial charge in [0.2, 0.25) is 0 Å². The van der Waals surface area contributed by atoms with Gasteiger partial charge in [0.15, 0.2) is 0 Å². The predicted octanol–water partition coefficient (Wildman–Crippen LogP) is 7.29. The highest BCUT2D eigenvalue weighted by atomic mass is 16.5. The second-order valence-electron chi connectivity index (χ2n) is 8.78. The number of fused-ring (bicyclic) bond motifs is 3. The lowest BCUT2D eigenvalue weighted by atomic mass is 10.1. The van der Waals surface area contributed by atoms with Crippen LogP contribution in [0.3, 0.4) is 0 Å². The molecule has 0 saturated carbocycles. The van der Waals surface area contributed by atoms with Crippen molar-refractivity contribution in [2.24, 2.45) is 0 Å². The molecule has 0 saturated heterocycles. The van der Waals surface area contributed by atoms with Crippen molar-refractivity contribution in [3.63, 3.8) is 0 Å². The van der Waals surface area contributed by atoms with Gasteiger partial charge in [-0.15, -0.1) is 0 Å². The summed E-state index contributed by atoms with van der Waals surface area (Å²) in [6, 6.07) is 11.3. The smallest absolute Gasteiger partial charge is 0.337 e. The molecule has 5 heteroatoms. The number of ether oxygens (including phenoxy) is 2. The SMILES string of the molecule is CCCCCCCCCCCCn1c2cc(C(=O)OC)ccc2c2ccc(C(=O)OC)cc21. The van der Waals surface area contributed by atoms with E-state index in [-0.39, 0.29) is 11.9 Å². The monoisotopic (exact) mass is 451 g/mol. The minimum atomic E-state index is -0.345. The third kappa shape index (κ3) is 6.16. The Morgan fingerprint density at radius 3 is 1.52 bits per heavy atom. The highest BCUT2D eigenvalue weighted by Crippen LogP contribution is 2.31. The summed E-state index contributed by atoms with van der Waals surface area (Å²) >= 11 is 0. The molecule has 2 aromatic carbocycles. The van der Waals surface area contributed by atoms with Crippen LogP contribution in [-0.2, 0) is 16.0 Å². The Kier molecular flexibility index (Phi) is 9.35. The third-order valence-electron chi connectivity index (χ3n) is 6.44. The number of benzene rings is 2. The third-order valence-corrected chi connectivity index (χ3v) is 6.44. The van der Waals surface area contributed by atoms with E-state index >= 15 is 0 Å². The highest BCUT2D eigenvalue weighted by Gasteiger charge is 2.16. The summed E-state index contributed by atoms with van der Waals surface area (Å²) in [6.07, 6.45) is 12.8. The van der Waals surface area contributed by atoms with E-state index in [1.165, 1.54) is 72.0 Å². The van der Waals surface area contributed by atoms with Crippen LogP contribution in [-0.4, -0.2) is 30.7 Å². The van der Waals surface area contributed by atoms with E-state index in [9.17, 15) is 9.59 Å². The Bertz CT molecular complexity index is 1010. The molecule has 33 heavy (non-hydrogen) atoms. The van der Waals surface area contributed by atoms with Crippen molar-refractivity contribution in [3.8, 4) is 0 Å². The maximum atomic E-state index is 12.1. The molecule has 0 aliphatic heterocycles. The number of esters is 2. The molecule has 0 fully saturated rings. The number of aromatic nitrogens is 1. The zero-order valence-electron chi connectivity index (χ0n) is 20.3. The van der Waals surface area contributed by atoms with Gasteiger partial charge in [-0.1, -0.05) is 76.8 Å². The first-order valence-corrected chi connectivity index (χ1v) is 12.3. The molecular formula is C28H37NO4. The maximum Gasteiger partial charge on any atom is 0.337 e. The van der Waals surface area contributed by atoms with Crippen molar-refractivity contribution in [3.05, 3.63) is 47.5 Å². The van der Waals surface area contributed by atoms with Gasteiger partial charge in [-0.3, -0.25) is 0 Å². The zero-order chi connectivity index (χ0) is 23.6. The number of nitrogens with zero attached hydrogens (tertiary/aromatic N) is 1. The van der Waals surface area contributed by atoms with Crippen molar-refractivity contribution >= 4 is 33.7 Å². The number of rotatable bonds is 13. The lowest BCUT2D eigenvalue weighted by Crippen LogP contribution is -2.03. The molecule has 0 radical (unpaired) electrons. The number of carbonyl (C=O) groups excluding carboxylic acids is 2. The molecule has 0 atom stereocenters. The number of aryl methyl sites for hydroxylation is 1. The molecule has 5 nitrogen and oxygen atoms in total. The predicted molar refractivity (Wildman–Crippen MR) is 134 cm³/mol. The van der Waals surface area contributed by atoms with Crippen molar-refractivity contribution in [1.29, 1.82) is 0 Å². The van der Waals surface area contributed by atoms with Crippen molar-refractivity contribution in [1.82, 2.24) is 4.57 Å². The molecule has 0 unspecified atom stereocenters. The van der Waals surface area contributed by atoms with Gasteiger partial charge in [0, 0.05) is 28.4 Å². The van der Waals surface area contributed by atoms with Crippen LogP contribution in [0.25, 0.3) is 21.8 Å². The summed E-state index contributed by atoms with van der Waals surface area (Å²) in [6.45, 7) is 3.09. The Balaban J connectivity index is 1.75. The van der Waals surface area contributed by atoms with E-state index < -0.39 is 0 Å². The fraction of sp³-hybridized carbons (Fsp3) is 0.500. The fourth-order valence-electron chi connectivity index (χ4n) is 4.58. The van der Waals surface area contributed by atoms with Crippen LogP contribution in [0.15, 0.2) is 36.4 Å². The van der Waals surface area contributed by atoms with Crippen LogP contribution in [0.1, 0.15) is 91.8 Å². The van der Waals surface area contributed by atoms with Crippen LogP contribution in [0.2, 0.25) is 0 Å². The first kappa shape index (κ1) is 24.8. The molecule has 178 valence electrons. The number of hydrogen-bond acceptors (Lipinski definition) is 4. The number of unbranched alkanes of at least 4 members (excludes halogenated alkanes) is 9. The number of hydrogen-bond donors (Lipinski definition) is 0. The Morgan fingerprint density at radius 2 is 1.09 bits per heavy atom. The van der Waals surface area contributed by atoms with E-state index in [0.29, 0.717) is 11.1 Å². The van der Waals surface area contributed by atoms with Gasteiger partial charge >= 0.3 is 11.9 Å². The Labute approximate surface area is 197 Å². The van der Waals surface area contributed by atoms with Crippen LogP contribution < -0.4 is 0 Å². The number of carbonyl (C=O) groups is 2. The van der Waals surface area contributed by atoms with Crippen molar-refractivity contribution in [2.45, 2.75) is 77.7 Å². The molecule has 0 aliphatic carbocycles. The molecule has 1 heterocycles. The molecule has 0 spiro atoms. The maximum absolute atomic E-state index is 12.1. The van der Waals surface area contributed by atoms with E-state index in [1.54, 1.807) is 12.1 Å². The highest BCUT2D eigenvalue weighted by molar-refractivity contribution is 6.11. The first-order valence-electron chi connectivity index (χ1n) is 12.3. The Hall–Kier alpha value is -2.82. The fourth-order valence-corrected chi connectivity index (χ4v) is 4.58. The van der Waals surface area contributed by atoms with Crippen LogP contribution in [0.4, 0.5) is 0 Å². The van der Waals surface area contributed by atoms with Gasteiger partial charge < -0.3 is 14.0 Å². The molecular weight excluding hydrogens is 414 g/mol. The second-order valence-corrected chi connectivity index (χ2v) is 8.78. The standard InChI is InChI=1S/C28H37NO4/c1-4-5-6-7-8-9-10-11-12-13-18-29-25-19-21(27(30)32-2)14-16-23(25)24-17-15-22(20-26(24)29)28(31)33-3/h14-17,19-20H,4-13,18H2,1-3H3. The molecule has 1 aromatic heterocycles. The van der Waals surface area contributed by atoms with Crippen LogP contribution >= 0.6 is 0 Å². The van der Waals surface area contributed by atoms with Crippen LogP contribution in [0, 0.1) is 0 Å². The topological polar surface area (TPSA) is 57.5 Å². The minimum absolute atomic E-state index is 0.345.